The van der Waals surface area contributed by atoms with Gasteiger partial charge in [-0.1, -0.05) is 6.07 Å². The van der Waals surface area contributed by atoms with Gasteiger partial charge in [0.05, 0.1) is 0 Å². The predicted octanol–water partition coefficient (Wildman–Crippen LogP) is -1.37. The molecule has 1 atom stereocenters. The van der Waals surface area contributed by atoms with Crippen molar-refractivity contribution in [3.8, 4) is 0 Å². The summed E-state index contributed by atoms with van der Waals surface area (Å²) < 4.78 is 21.4. The van der Waals surface area contributed by atoms with E-state index >= 15 is 0 Å². The van der Waals surface area contributed by atoms with Crippen LogP contribution in [-0.2, 0) is 23.9 Å². The molecule has 1 aliphatic rings. The number of hydrogen-bond acceptors (Lipinski definition) is 3. The maximum Gasteiger partial charge on any atom is 1.00 e. The summed E-state index contributed by atoms with van der Waals surface area (Å²) in [4.78, 5) is 0.417. The molecular formula is C10H12LiO3S-. The Kier molecular flexibility index (Phi) is 6.42. The standard InChI is InChI=1S/C10H12O2S.Li.H2O/c11-13(12)10-6-5-8-3-1-2-4-9(8)7-10;;/h5-7H,1-4H2,(H,11,12);;1H2/q;+1;/p-2. The van der Waals surface area contributed by atoms with E-state index in [9.17, 15) is 8.76 Å². The minimum Gasteiger partial charge on any atom is -0.870 e. The molecule has 0 radical (unpaired) electrons. The molecule has 1 aliphatic carbocycles. The summed E-state index contributed by atoms with van der Waals surface area (Å²) in [5.74, 6) is 0. The van der Waals surface area contributed by atoms with Crippen molar-refractivity contribution in [1.29, 1.82) is 0 Å². The summed E-state index contributed by atoms with van der Waals surface area (Å²) in [6.45, 7) is 0. The smallest absolute Gasteiger partial charge is 0.870 e. The summed E-state index contributed by atoms with van der Waals surface area (Å²) >= 11 is -2.08. The van der Waals surface area contributed by atoms with Crippen LogP contribution >= 0.6 is 0 Å². The van der Waals surface area contributed by atoms with E-state index in [0.29, 0.717) is 4.90 Å². The van der Waals surface area contributed by atoms with Gasteiger partial charge < -0.3 is 10.0 Å². The molecule has 0 bridgehead atoms. The predicted molar refractivity (Wildman–Crippen MR) is 52.2 cm³/mol. The van der Waals surface area contributed by atoms with E-state index in [0.717, 1.165) is 12.8 Å². The largest absolute Gasteiger partial charge is 1.00 e. The Bertz CT molecular complexity index is 355. The van der Waals surface area contributed by atoms with Crippen LogP contribution in [0.15, 0.2) is 23.1 Å². The number of aryl methyl sites for hydroxylation is 2. The fourth-order valence-electron chi connectivity index (χ4n) is 1.81. The zero-order valence-electron chi connectivity index (χ0n) is 8.73. The van der Waals surface area contributed by atoms with Gasteiger partial charge in [-0.15, -0.1) is 0 Å². The molecule has 0 fully saturated rings. The van der Waals surface area contributed by atoms with Crippen LogP contribution in [0.25, 0.3) is 0 Å². The van der Waals surface area contributed by atoms with E-state index in [1.165, 1.54) is 24.0 Å². The molecule has 1 aromatic carbocycles. The number of hydrogen-bond donors (Lipinski definition) is 0. The Morgan fingerprint density at radius 3 is 2.33 bits per heavy atom. The molecule has 78 valence electrons. The number of fused-ring (bicyclic) bond motifs is 1. The second-order valence-corrected chi connectivity index (χ2v) is 4.31. The molecule has 5 heteroatoms. The van der Waals surface area contributed by atoms with Crippen LogP contribution < -0.4 is 18.9 Å². The van der Waals surface area contributed by atoms with Crippen molar-refractivity contribution >= 4 is 11.1 Å². The van der Waals surface area contributed by atoms with E-state index in [-0.39, 0.29) is 24.3 Å². The Labute approximate surface area is 104 Å². The second kappa shape index (κ2) is 6.47. The molecular weight excluding hydrogens is 207 g/mol. The van der Waals surface area contributed by atoms with E-state index in [4.69, 9.17) is 0 Å². The Morgan fingerprint density at radius 1 is 1.13 bits per heavy atom. The average molecular weight is 219 g/mol. The molecule has 1 N–H and O–H groups in total. The topological polar surface area (TPSA) is 70.1 Å². The zero-order valence-corrected chi connectivity index (χ0v) is 9.55. The van der Waals surface area contributed by atoms with Gasteiger partial charge in [-0.2, -0.15) is 0 Å². The van der Waals surface area contributed by atoms with Crippen LogP contribution in [0, 0.1) is 0 Å². The van der Waals surface area contributed by atoms with Crippen molar-refractivity contribution in [2.75, 3.05) is 0 Å². The first kappa shape index (κ1) is 14.9. The van der Waals surface area contributed by atoms with Crippen LogP contribution in [0.2, 0.25) is 0 Å². The first-order valence-electron chi connectivity index (χ1n) is 4.48. The van der Waals surface area contributed by atoms with Crippen molar-refractivity contribution in [1.82, 2.24) is 0 Å². The van der Waals surface area contributed by atoms with Gasteiger partial charge in [-0.25, -0.2) is 0 Å². The molecule has 0 aromatic heterocycles. The van der Waals surface area contributed by atoms with Crippen molar-refractivity contribution in [2.45, 2.75) is 30.6 Å². The molecule has 2 rings (SSSR count). The third kappa shape index (κ3) is 3.44. The van der Waals surface area contributed by atoms with E-state index < -0.39 is 11.1 Å². The summed E-state index contributed by atoms with van der Waals surface area (Å²) in [7, 11) is 0. The van der Waals surface area contributed by atoms with Crippen molar-refractivity contribution < 1.29 is 33.1 Å². The fraction of sp³-hybridized carbons (Fsp3) is 0.400. The minimum atomic E-state index is -2.08. The normalized spacial score (nSPS) is 15.5. The molecule has 1 aromatic rings. The summed E-state index contributed by atoms with van der Waals surface area (Å²) in [5, 5.41) is 0. The Hall–Kier alpha value is -0.113. The molecule has 0 heterocycles. The first-order chi connectivity index (χ1) is 6.27. The van der Waals surface area contributed by atoms with Gasteiger partial charge >= 0.3 is 18.9 Å². The zero-order chi connectivity index (χ0) is 9.26. The summed E-state index contributed by atoms with van der Waals surface area (Å²) in [6, 6.07) is 5.44. The molecule has 0 spiro atoms. The molecule has 0 saturated carbocycles. The van der Waals surface area contributed by atoms with E-state index in [1.54, 1.807) is 12.1 Å². The number of benzene rings is 1. The molecule has 3 nitrogen and oxygen atoms in total. The van der Waals surface area contributed by atoms with Crippen molar-refractivity contribution in [3.63, 3.8) is 0 Å². The quantitative estimate of drug-likeness (QED) is 0.432. The first-order valence-corrected chi connectivity index (χ1v) is 5.56. The second-order valence-electron chi connectivity index (χ2n) is 3.37. The molecule has 0 saturated heterocycles. The third-order valence-corrected chi connectivity index (χ3v) is 3.15. The van der Waals surface area contributed by atoms with Gasteiger partial charge in [0.1, 0.15) is 0 Å². The summed E-state index contributed by atoms with van der Waals surface area (Å²) in [5.41, 5.74) is 2.54. The maximum absolute atomic E-state index is 10.7. The third-order valence-electron chi connectivity index (χ3n) is 2.51. The monoisotopic (exact) mass is 219 g/mol. The van der Waals surface area contributed by atoms with Gasteiger partial charge in [-0.3, -0.25) is 4.21 Å². The average Bonchev–Trinajstić information content (AvgIpc) is 2.17. The van der Waals surface area contributed by atoms with Gasteiger partial charge in [0.25, 0.3) is 0 Å². The summed E-state index contributed by atoms with van der Waals surface area (Å²) in [6.07, 6.45) is 4.54. The fourth-order valence-corrected chi connectivity index (χ4v) is 2.23. The van der Waals surface area contributed by atoms with Gasteiger partial charge in [-0.05, 0) is 60.0 Å². The Balaban J connectivity index is 0.000000980. The van der Waals surface area contributed by atoms with Crippen LogP contribution in [0.1, 0.15) is 24.0 Å². The molecule has 15 heavy (non-hydrogen) atoms. The Morgan fingerprint density at radius 2 is 1.73 bits per heavy atom. The van der Waals surface area contributed by atoms with Gasteiger partial charge in [0.2, 0.25) is 0 Å². The van der Waals surface area contributed by atoms with E-state index in [1.807, 2.05) is 6.07 Å². The van der Waals surface area contributed by atoms with Crippen molar-refractivity contribution in [3.05, 3.63) is 29.3 Å². The minimum absolute atomic E-state index is 0. The van der Waals surface area contributed by atoms with Crippen LogP contribution in [0.4, 0.5) is 0 Å². The maximum atomic E-state index is 10.7. The molecule has 0 aliphatic heterocycles. The van der Waals surface area contributed by atoms with Crippen LogP contribution in [-0.4, -0.2) is 14.2 Å². The molecule has 1 unspecified atom stereocenters. The van der Waals surface area contributed by atoms with Gasteiger partial charge in [0.15, 0.2) is 0 Å². The van der Waals surface area contributed by atoms with Crippen molar-refractivity contribution in [2.24, 2.45) is 0 Å². The van der Waals surface area contributed by atoms with Crippen LogP contribution in [0.5, 0.6) is 0 Å². The number of rotatable bonds is 1. The molecule has 0 amide bonds. The van der Waals surface area contributed by atoms with E-state index in [2.05, 4.69) is 0 Å². The van der Waals surface area contributed by atoms with Gasteiger partial charge in [0, 0.05) is 4.90 Å². The van der Waals surface area contributed by atoms with Crippen LogP contribution in [0.3, 0.4) is 0 Å². The SMILES string of the molecule is O=S([O-])c1ccc2c(c1)CCCC2.[Li+].[OH-].